The fourth-order valence-corrected chi connectivity index (χ4v) is 6.29. The van der Waals surface area contributed by atoms with E-state index in [1.54, 1.807) is 49.4 Å². The zero-order valence-electron chi connectivity index (χ0n) is 22.5. The number of piperidine rings is 1. The van der Waals surface area contributed by atoms with Crippen LogP contribution < -0.4 is 14.4 Å². The molecule has 1 heterocycles. The van der Waals surface area contributed by atoms with Crippen molar-refractivity contribution in [1.82, 2.24) is 4.90 Å². The van der Waals surface area contributed by atoms with Gasteiger partial charge >= 0.3 is 0 Å². The lowest BCUT2D eigenvalue weighted by Crippen LogP contribution is -2.50. The first-order valence-corrected chi connectivity index (χ1v) is 15.1. The Morgan fingerprint density at radius 3 is 2.45 bits per heavy atom. The number of amides is 2. The number of sulfonamides is 1. The maximum Gasteiger partial charge on any atom is 0.264 e. The molecule has 2 amide bonds. The molecule has 0 radical (unpaired) electrons. The predicted molar refractivity (Wildman–Crippen MR) is 158 cm³/mol. The van der Waals surface area contributed by atoms with E-state index in [4.69, 9.17) is 27.9 Å². The SMILES string of the molecule is CCOc1ccc(N(C)S(=O)(=O)c2ccc(C)c(C(=O)N3CCCCC3C(=O)Nc3ccc(Cl)cc3Cl)c2)cc1. The first kappa shape index (κ1) is 29.7. The Hall–Kier alpha value is -3.27. The number of ether oxygens (including phenoxy) is 1. The largest absolute Gasteiger partial charge is 0.494 e. The lowest BCUT2D eigenvalue weighted by molar-refractivity contribution is -0.121. The van der Waals surface area contributed by atoms with Crippen molar-refractivity contribution in [2.24, 2.45) is 0 Å². The molecular formula is C29H31Cl2N3O5S. The van der Waals surface area contributed by atoms with E-state index in [2.05, 4.69) is 5.32 Å². The van der Waals surface area contributed by atoms with Crippen molar-refractivity contribution >= 4 is 56.4 Å². The molecule has 0 bridgehead atoms. The minimum atomic E-state index is -3.98. The van der Waals surface area contributed by atoms with Crippen LogP contribution in [0.1, 0.15) is 42.1 Å². The number of halogens is 2. The second-order valence-corrected chi connectivity index (χ2v) is 12.3. The van der Waals surface area contributed by atoms with Gasteiger partial charge in [-0.15, -0.1) is 0 Å². The van der Waals surface area contributed by atoms with Crippen LogP contribution in [0.15, 0.2) is 65.6 Å². The van der Waals surface area contributed by atoms with E-state index in [1.165, 1.54) is 30.1 Å². The average molecular weight is 605 g/mol. The molecule has 0 aliphatic carbocycles. The van der Waals surface area contributed by atoms with Crippen molar-refractivity contribution in [2.75, 3.05) is 29.8 Å². The van der Waals surface area contributed by atoms with E-state index in [0.29, 0.717) is 52.3 Å². The van der Waals surface area contributed by atoms with Crippen molar-refractivity contribution < 1.29 is 22.7 Å². The Bertz CT molecular complexity index is 1510. The second-order valence-electron chi connectivity index (χ2n) is 9.50. The standard InChI is InChI=1S/C29H31Cl2N3O5S/c1-4-39-22-12-10-21(11-13-22)33(3)40(37,38)23-14-8-19(2)24(18-23)29(36)34-16-6-5-7-27(34)28(35)32-26-15-9-20(30)17-25(26)31/h8-15,17-18,27H,4-7,16H2,1-3H3,(H,32,35). The van der Waals surface area contributed by atoms with E-state index in [-0.39, 0.29) is 16.4 Å². The molecule has 1 aliphatic heterocycles. The highest BCUT2D eigenvalue weighted by atomic mass is 35.5. The topological polar surface area (TPSA) is 96.0 Å². The molecule has 1 unspecified atom stereocenters. The van der Waals surface area contributed by atoms with Gasteiger partial charge in [-0.3, -0.25) is 13.9 Å². The molecule has 1 fully saturated rings. The Labute approximate surface area is 244 Å². The van der Waals surface area contributed by atoms with E-state index >= 15 is 0 Å². The van der Waals surface area contributed by atoms with Crippen LogP contribution in [0.5, 0.6) is 5.75 Å². The molecule has 0 saturated carbocycles. The minimum absolute atomic E-state index is 0.0243. The molecule has 8 nitrogen and oxygen atoms in total. The van der Waals surface area contributed by atoms with Gasteiger partial charge in [-0.1, -0.05) is 29.3 Å². The number of carbonyl (C=O) groups is 2. The summed E-state index contributed by atoms with van der Waals surface area (Å²) in [6.45, 7) is 4.48. The first-order valence-electron chi connectivity index (χ1n) is 12.9. The fraction of sp³-hybridized carbons (Fsp3) is 0.310. The summed E-state index contributed by atoms with van der Waals surface area (Å²) in [4.78, 5) is 28.5. The van der Waals surface area contributed by atoms with Crippen molar-refractivity contribution in [3.63, 3.8) is 0 Å². The van der Waals surface area contributed by atoms with Crippen LogP contribution in [0.3, 0.4) is 0 Å². The second kappa shape index (κ2) is 12.5. The number of anilines is 2. The van der Waals surface area contributed by atoms with Gasteiger partial charge in [0.2, 0.25) is 5.91 Å². The van der Waals surface area contributed by atoms with Gasteiger partial charge in [0.25, 0.3) is 15.9 Å². The van der Waals surface area contributed by atoms with Crippen LogP contribution >= 0.6 is 23.2 Å². The number of hydrogen-bond acceptors (Lipinski definition) is 5. The molecule has 3 aromatic carbocycles. The highest BCUT2D eigenvalue weighted by Crippen LogP contribution is 2.29. The third-order valence-corrected chi connectivity index (χ3v) is 9.19. The molecular weight excluding hydrogens is 573 g/mol. The first-order chi connectivity index (χ1) is 19.0. The Morgan fingerprint density at radius 2 is 1.77 bits per heavy atom. The number of aryl methyl sites for hydroxylation is 1. The van der Waals surface area contributed by atoms with E-state index in [1.807, 2.05) is 6.92 Å². The summed E-state index contributed by atoms with van der Waals surface area (Å²) in [6.07, 6.45) is 1.98. The predicted octanol–water partition coefficient (Wildman–Crippen LogP) is 6.16. The van der Waals surface area contributed by atoms with Gasteiger partial charge in [0.1, 0.15) is 11.8 Å². The third-order valence-electron chi connectivity index (χ3n) is 6.86. The fourth-order valence-electron chi connectivity index (χ4n) is 4.62. The summed E-state index contributed by atoms with van der Waals surface area (Å²) in [6, 6.07) is 15.2. The summed E-state index contributed by atoms with van der Waals surface area (Å²) in [5.74, 6) is -0.131. The highest BCUT2D eigenvalue weighted by Gasteiger charge is 2.34. The van der Waals surface area contributed by atoms with Crippen LogP contribution in [-0.4, -0.2) is 51.4 Å². The highest BCUT2D eigenvalue weighted by molar-refractivity contribution is 7.92. The summed E-state index contributed by atoms with van der Waals surface area (Å²) < 4.78 is 33.6. The van der Waals surface area contributed by atoms with Gasteiger partial charge < -0.3 is 15.0 Å². The summed E-state index contributed by atoms with van der Waals surface area (Å²) in [5.41, 5.74) is 1.68. The molecule has 40 heavy (non-hydrogen) atoms. The van der Waals surface area contributed by atoms with Gasteiger partial charge in [-0.05, 0) is 93.3 Å². The lowest BCUT2D eigenvalue weighted by Gasteiger charge is -2.35. The Kier molecular flexibility index (Phi) is 9.28. The van der Waals surface area contributed by atoms with Gasteiger partial charge in [-0.25, -0.2) is 8.42 Å². The van der Waals surface area contributed by atoms with Crippen LogP contribution in [0.2, 0.25) is 10.0 Å². The molecule has 1 atom stereocenters. The number of rotatable bonds is 8. The van der Waals surface area contributed by atoms with Gasteiger partial charge in [0.05, 0.1) is 27.9 Å². The Morgan fingerprint density at radius 1 is 1.05 bits per heavy atom. The number of benzene rings is 3. The van der Waals surface area contributed by atoms with Gasteiger partial charge in [-0.2, -0.15) is 0 Å². The zero-order valence-corrected chi connectivity index (χ0v) is 24.8. The van der Waals surface area contributed by atoms with Gasteiger partial charge in [0, 0.05) is 24.2 Å². The molecule has 1 aliphatic rings. The summed E-state index contributed by atoms with van der Waals surface area (Å²) >= 11 is 12.2. The normalized spacial score (nSPS) is 15.4. The molecule has 3 aromatic rings. The number of nitrogens with one attached hydrogen (secondary N) is 1. The number of likely N-dealkylation sites (tertiary alicyclic amines) is 1. The molecule has 212 valence electrons. The van der Waals surface area contributed by atoms with E-state index < -0.39 is 22.0 Å². The number of carbonyl (C=O) groups excluding carboxylic acids is 2. The molecule has 0 aromatic heterocycles. The lowest BCUT2D eigenvalue weighted by atomic mass is 9.98. The Balaban J connectivity index is 1.59. The van der Waals surface area contributed by atoms with Crippen LogP contribution in [0.25, 0.3) is 0 Å². The molecule has 1 N–H and O–H groups in total. The summed E-state index contributed by atoms with van der Waals surface area (Å²) in [5, 5.41) is 3.54. The van der Waals surface area contributed by atoms with Crippen molar-refractivity contribution in [2.45, 2.75) is 44.0 Å². The molecule has 4 rings (SSSR count). The zero-order chi connectivity index (χ0) is 29.0. The van der Waals surface area contributed by atoms with Crippen molar-refractivity contribution in [3.05, 3.63) is 81.8 Å². The van der Waals surface area contributed by atoms with E-state index in [0.717, 1.165) is 17.1 Å². The molecule has 1 saturated heterocycles. The molecule has 11 heteroatoms. The minimum Gasteiger partial charge on any atom is -0.494 e. The maximum absolute atomic E-state index is 13.8. The van der Waals surface area contributed by atoms with Crippen LogP contribution in [0.4, 0.5) is 11.4 Å². The quantitative estimate of drug-likeness (QED) is 0.333. The van der Waals surface area contributed by atoms with Crippen molar-refractivity contribution in [3.8, 4) is 5.75 Å². The molecule has 0 spiro atoms. The smallest absolute Gasteiger partial charge is 0.264 e. The maximum atomic E-state index is 13.8. The van der Waals surface area contributed by atoms with Crippen LogP contribution in [0, 0.1) is 6.92 Å². The number of nitrogens with zero attached hydrogens (tertiary/aromatic N) is 2. The number of hydrogen-bond donors (Lipinski definition) is 1. The van der Waals surface area contributed by atoms with E-state index in [9.17, 15) is 18.0 Å². The average Bonchev–Trinajstić information content (AvgIpc) is 2.94. The van der Waals surface area contributed by atoms with Crippen LogP contribution in [-0.2, 0) is 14.8 Å². The summed E-state index contributed by atoms with van der Waals surface area (Å²) in [7, 11) is -2.52. The van der Waals surface area contributed by atoms with Gasteiger partial charge in [0.15, 0.2) is 0 Å². The third kappa shape index (κ3) is 6.37. The monoisotopic (exact) mass is 603 g/mol. The van der Waals surface area contributed by atoms with Crippen molar-refractivity contribution in [1.29, 1.82) is 0 Å².